The van der Waals surface area contributed by atoms with Gasteiger partial charge in [-0.05, 0) is 97.3 Å². The third kappa shape index (κ3) is 5.23. The summed E-state index contributed by atoms with van der Waals surface area (Å²) in [5, 5.41) is 16.0. The highest BCUT2D eigenvalue weighted by Crippen LogP contribution is 2.75. The lowest BCUT2D eigenvalue weighted by Gasteiger charge is -2.71. The van der Waals surface area contributed by atoms with Crippen molar-refractivity contribution >= 4 is 5.97 Å². The Morgan fingerprint density at radius 2 is 1.77 bits per heavy atom. The molecule has 7 rings (SSSR count). The van der Waals surface area contributed by atoms with Gasteiger partial charge in [0.25, 0.3) is 0 Å². The number of carbonyl (C=O) groups is 1. The Labute approximate surface area is 311 Å². The first-order valence-electron chi connectivity index (χ1n) is 20.0. The smallest absolute Gasteiger partial charge is 0.307 e. The molecule has 1 aliphatic heterocycles. The predicted molar refractivity (Wildman–Crippen MR) is 201 cm³/mol. The molecular weight excluding hydrogens is 653 g/mol. The number of nitrogens with two attached hydrogens (primary N) is 1. The number of carboxylic acids is 1. The number of aromatic nitrogens is 5. The zero-order valence-corrected chi connectivity index (χ0v) is 33.4. The lowest BCUT2D eigenvalue weighted by molar-refractivity contribution is -0.252. The molecule has 4 fully saturated rings. The third-order valence-electron chi connectivity index (χ3n) is 16.6. The van der Waals surface area contributed by atoms with Crippen LogP contribution in [-0.2, 0) is 14.3 Å². The van der Waals surface area contributed by atoms with Gasteiger partial charge in [-0.15, -0.1) is 0 Å². The van der Waals surface area contributed by atoms with Crippen LogP contribution in [-0.4, -0.2) is 67.3 Å². The van der Waals surface area contributed by atoms with E-state index in [1.807, 2.05) is 10.7 Å². The van der Waals surface area contributed by atoms with Crippen LogP contribution in [0.25, 0.3) is 11.6 Å². The minimum Gasteiger partial charge on any atom is -0.481 e. The van der Waals surface area contributed by atoms with Crippen LogP contribution in [0.2, 0.25) is 0 Å². The molecule has 286 valence electrons. The number of aliphatic carboxylic acids is 1. The fourth-order valence-corrected chi connectivity index (χ4v) is 12.6. The molecular formula is C42H64N6O4. The second kappa shape index (κ2) is 12.7. The molecule has 0 radical (unpaired) electrons. The van der Waals surface area contributed by atoms with Gasteiger partial charge in [0.2, 0.25) is 0 Å². The highest BCUT2D eigenvalue weighted by atomic mass is 16.5. The first kappa shape index (κ1) is 37.6. The molecule has 1 unspecified atom stereocenters. The van der Waals surface area contributed by atoms with Gasteiger partial charge >= 0.3 is 5.97 Å². The lowest BCUT2D eigenvalue weighted by Crippen LogP contribution is -2.69. The fourth-order valence-electron chi connectivity index (χ4n) is 12.6. The van der Waals surface area contributed by atoms with Gasteiger partial charge in [0, 0.05) is 28.8 Å². The minimum absolute atomic E-state index is 0.163. The molecule has 0 aromatic carbocycles. The summed E-state index contributed by atoms with van der Waals surface area (Å²) in [5.74, 6) is 1.67. The molecule has 52 heavy (non-hydrogen) atoms. The summed E-state index contributed by atoms with van der Waals surface area (Å²) in [6.45, 7) is 24.2. The Morgan fingerprint density at radius 3 is 2.42 bits per heavy atom. The SMILES string of the molecule is CC(C)[C@@H](C)[C@@]1(C)CC[C@]2(C)[C@H]3CC[C@@H]4C5(COC[C@]4(C)[C@@H](OC[C@](C)(N)C(C)C)[C@H](n4ncnc4-c4ncccn4)C5)C3=CC[C@@]2(C)[C@@H]1C(=O)O. The fraction of sp³-hybridized carbons (Fsp3) is 0.786. The van der Waals surface area contributed by atoms with Crippen molar-refractivity contribution in [2.45, 2.75) is 125 Å². The van der Waals surface area contributed by atoms with Gasteiger partial charge < -0.3 is 20.3 Å². The maximum atomic E-state index is 13.5. The minimum atomic E-state index is -0.631. The second-order valence-electron chi connectivity index (χ2n) is 19.6. The molecule has 2 bridgehead atoms. The van der Waals surface area contributed by atoms with Gasteiger partial charge in [0.05, 0.1) is 37.9 Å². The van der Waals surface area contributed by atoms with Crippen LogP contribution in [0, 0.1) is 62.6 Å². The molecule has 5 aliphatic rings. The van der Waals surface area contributed by atoms with Gasteiger partial charge in [-0.3, -0.25) is 4.79 Å². The Bertz CT molecular complexity index is 1690. The van der Waals surface area contributed by atoms with E-state index in [0.717, 1.165) is 38.5 Å². The van der Waals surface area contributed by atoms with Gasteiger partial charge in [0.15, 0.2) is 11.6 Å². The third-order valence-corrected chi connectivity index (χ3v) is 16.6. The Hall–Kier alpha value is -2.69. The van der Waals surface area contributed by atoms with Crippen molar-refractivity contribution in [3.8, 4) is 11.6 Å². The van der Waals surface area contributed by atoms with Gasteiger partial charge in [-0.2, -0.15) is 5.10 Å². The van der Waals surface area contributed by atoms with E-state index >= 15 is 0 Å². The van der Waals surface area contributed by atoms with E-state index in [9.17, 15) is 9.90 Å². The number of ether oxygens (including phenoxy) is 2. The van der Waals surface area contributed by atoms with Crippen LogP contribution in [0.15, 0.2) is 36.4 Å². The summed E-state index contributed by atoms with van der Waals surface area (Å²) in [6, 6.07) is 1.65. The average molecular weight is 717 g/mol. The largest absolute Gasteiger partial charge is 0.481 e. The van der Waals surface area contributed by atoms with Crippen LogP contribution in [0.4, 0.5) is 0 Å². The molecule has 10 heteroatoms. The van der Waals surface area contributed by atoms with Crippen LogP contribution >= 0.6 is 0 Å². The number of allylic oxidation sites excluding steroid dienone is 1. The average Bonchev–Trinajstić information content (AvgIpc) is 3.58. The molecule has 3 saturated carbocycles. The lowest BCUT2D eigenvalue weighted by atomic mass is 9.34. The van der Waals surface area contributed by atoms with Gasteiger partial charge in [-0.25, -0.2) is 19.6 Å². The summed E-state index contributed by atoms with van der Waals surface area (Å²) in [6.07, 6.45) is 13.0. The Morgan fingerprint density at radius 1 is 1.06 bits per heavy atom. The zero-order valence-electron chi connectivity index (χ0n) is 33.4. The topological polar surface area (TPSA) is 138 Å². The van der Waals surface area contributed by atoms with E-state index < -0.39 is 17.4 Å². The van der Waals surface area contributed by atoms with E-state index in [4.69, 9.17) is 25.3 Å². The number of fused-ring (bicyclic) bond motifs is 3. The van der Waals surface area contributed by atoms with Crippen molar-refractivity contribution in [2.24, 2.45) is 68.3 Å². The standard InChI is InChI=1S/C42H64N6O4/c1-25(2)27(5)37(6)16-17-39(8)28-12-13-31-38(7)21-51-23-42(31,29(28)14-15-40(39,9)32(37)36(49)50)20-30(33(38)52-22-41(10,43)26(3)4)48-35(46-24-47-48)34-44-18-11-19-45-34/h11,14,18-19,24-28,30-33H,12-13,15-17,20-23,43H2,1-10H3,(H,49,50)/t27-,28+,30-,31+,32-,33+,37-,38+,39-,40+,41+,42?/m1/s1. The second-order valence-corrected chi connectivity index (χ2v) is 19.6. The molecule has 3 heterocycles. The van der Waals surface area contributed by atoms with Crippen molar-refractivity contribution in [1.82, 2.24) is 24.7 Å². The van der Waals surface area contributed by atoms with Gasteiger partial charge in [0.1, 0.15) is 6.33 Å². The summed E-state index contributed by atoms with van der Waals surface area (Å²) in [7, 11) is 0. The van der Waals surface area contributed by atoms with Crippen molar-refractivity contribution in [3.05, 3.63) is 36.4 Å². The molecule has 12 atom stereocenters. The Balaban J connectivity index is 1.35. The van der Waals surface area contributed by atoms with Crippen LogP contribution in [0.1, 0.15) is 114 Å². The number of nitrogens with zero attached hydrogens (tertiary/aromatic N) is 5. The number of carboxylic acid groups (broad SMARTS) is 1. The number of hydrogen-bond donors (Lipinski definition) is 2. The van der Waals surface area contributed by atoms with E-state index in [1.54, 1.807) is 18.7 Å². The number of hydrogen-bond acceptors (Lipinski definition) is 8. The molecule has 0 spiro atoms. The summed E-state index contributed by atoms with van der Waals surface area (Å²) >= 11 is 0. The van der Waals surface area contributed by atoms with Crippen LogP contribution in [0.3, 0.4) is 0 Å². The first-order chi connectivity index (χ1) is 24.4. The van der Waals surface area contributed by atoms with E-state index in [0.29, 0.717) is 49.2 Å². The highest BCUT2D eigenvalue weighted by molar-refractivity contribution is 5.73. The quantitative estimate of drug-likeness (QED) is 0.251. The van der Waals surface area contributed by atoms with Crippen molar-refractivity contribution in [2.75, 3.05) is 19.8 Å². The van der Waals surface area contributed by atoms with E-state index in [-0.39, 0.29) is 51.1 Å². The van der Waals surface area contributed by atoms with Crippen molar-refractivity contribution in [3.63, 3.8) is 0 Å². The monoisotopic (exact) mass is 716 g/mol. The predicted octanol–water partition coefficient (Wildman–Crippen LogP) is 7.62. The van der Waals surface area contributed by atoms with Crippen LogP contribution in [0.5, 0.6) is 0 Å². The maximum absolute atomic E-state index is 13.5. The van der Waals surface area contributed by atoms with E-state index in [2.05, 4.69) is 85.3 Å². The van der Waals surface area contributed by atoms with Crippen molar-refractivity contribution < 1.29 is 19.4 Å². The molecule has 3 N–H and O–H groups in total. The normalized spacial score (nSPS) is 41.7. The summed E-state index contributed by atoms with van der Waals surface area (Å²) in [4.78, 5) is 27.4. The van der Waals surface area contributed by atoms with Crippen LogP contribution < -0.4 is 5.73 Å². The first-order valence-corrected chi connectivity index (χ1v) is 20.0. The number of rotatable bonds is 9. The molecule has 4 aliphatic carbocycles. The molecule has 1 saturated heterocycles. The maximum Gasteiger partial charge on any atom is 0.307 e. The van der Waals surface area contributed by atoms with Crippen molar-refractivity contribution in [1.29, 1.82) is 0 Å². The summed E-state index contributed by atoms with van der Waals surface area (Å²) < 4.78 is 15.9. The molecule has 10 nitrogen and oxygen atoms in total. The highest BCUT2D eigenvalue weighted by Gasteiger charge is 2.72. The molecule has 2 aromatic heterocycles. The summed E-state index contributed by atoms with van der Waals surface area (Å²) in [5.41, 5.74) is 6.45. The zero-order chi connectivity index (χ0) is 37.6. The van der Waals surface area contributed by atoms with Gasteiger partial charge in [-0.1, -0.05) is 74.0 Å². The van der Waals surface area contributed by atoms with E-state index in [1.165, 1.54) is 5.57 Å². The molecule has 2 aromatic rings. The Kier molecular flexibility index (Phi) is 9.18. The molecule has 0 amide bonds.